The lowest BCUT2D eigenvalue weighted by molar-refractivity contribution is 0.0943. The fourth-order valence-electron chi connectivity index (χ4n) is 1.85. The first-order valence-electron chi connectivity index (χ1n) is 7.48. The number of hydrogen-bond acceptors (Lipinski definition) is 3. The van der Waals surface area contributed by atoms with Crippen LogP contribution in [0.4, 0.5) is 0 Å². The van der Waals surface area contributed by atoms with Gasteiger partial charge in [0.2, 0.25) is 0 Å². The van der Waals surface area contributed by atoms with Crippen LogP contribution in [-0.2, 0) is 0 Å². The average Bonchev–Trinajstić information content (AvgIpc) is 2.51. The van der Waals surface area contributed by atoms with E-state index in [9.17, 15) is 4.79 Å². The number of amides is 1. The highest BCUT2D eigenvalue weighted by Crippen LogP contribution is 2.08. The minimum absolute atomic E-state index is 0.315. The number of rotatable bonds is 7. The first-order valence-corrected chi connectivity index (χ1v) is 8.27. The molecule has 0 bridgehead atoms. The van der Waals surface area contributed by atoms with Gasteiger partial charge in [0.25, 0.3) is 5.91 Å². The third kappa shape index (κ3) is 7.56. The molecule has 1 atom stereocenters. The van der Waals surface area contributed by atoms with Crippen LogP contribution >= 0.6 is 23.8 Å². The Balaban J connectivity index is 2.22. The summed E-state index contributed by atoms with van der Waals surface area (Å²) in [7, 11) is 0. The maximum Gasteiger partial charge on any atom is 0.271 e. The van der Waals surface area contributed by atoms with Crippen molar-refractivity contribution in [2.24, 2.45) is 5.92 Å². The molecule has 1 rings (SSSR count). The van der Waals surface area contributed by atoms with Gasteiger partial charge in [0, 0.05) is 12.7 Å². The molecule has 1 amide bonds. The zero-order valence-corrected chi connectivity index (χ0v) is 14.6. The molecule has 22 heavy (non-hydrogen) atoms. The lowest BCUT2D eigenvalue weighted by Crippen LogP contribution is -2.47. The van der Waals surface area contributed by atoms with Crippen LogP contribution in [0.25, 0.3) is 0 Å². The Morgan fingerprint density at radius 2 is 2.14 bits per heavy atom. The zero-order chi connectivity index (χ0) is 16.4. The predicted molar refractivity (Wildman–Crippen MR) is 93.8 cm³/mol. The van der Waals surface area contributed by atoms with Crippen LogP contribution in [-0.4, -0.2) is 22.5 Å². The summed E-state index contributed by atoms with van der Waals surface area (Å²) < 4.78 is 0. The first-order chi connectivity index (χ1) is 10.5. The van der Waals surface area contributed by atoms with E-state index in [1.165, 1.54) is 31.9 Å². The number of pyridine rings is 1. The molecule has 0 aliphatic rings. The first kappa shape index (κ1) is 18.6. The molecule has 0 saturated carbocycles. The van der Waals surface area contributed by atoms with Gasteiger partial charge in [0.1, 0.15) is 5.15 Å². The number of nitrogens with one attached hydrogen (secondary N) is 3. The summed E-state index contributed by atoms with van der Waals surface area (Å²) in [5, 5.41) is 3.84. The molecule has 0 aromatic carbocycles. The fraction of sp³-hybridized carbons (Fsp3) is 0.533. The maximum absolute atomic E-state index is 11.8. The van der Waals surface area contributed by atoms with Gasteiger partial charge in [-0.15, -0.1) is 0 Å². The van der Waals surface area contributed by atoms with Crippen molar-refractivity contribution in [1.29, 1.82) is 0 Å². The monoisotopic (exact) mass is 342 g/mol. The van der Waals surface area contributed by atoms with Crippen LogP contribution in [0.5, 0.6) is 0 Å². The SMILES string of the molecule is CCCCC[C@H](C)CNC(=S)NNC(=O)c1ccc(Cl)nc1. The highest BCUT2D eigenvalue weighted by molar-refractivity contribution is 7.80. The van der Waals surface area contributed by atoms with Gasteiger partial charge in [-0.25, -0.2) is 4.98 Å². The molecule has 7 heteroatoms. The van der Waals surface area contributed by atoms with E-state index in [2.05, 4.69) is 35.0 Å². The van der Waals surface area contributed by atoms with Crippen molar-refractivity contribution in [2.75, 3.05) is 6.54 Å². The van der Waals surface area contributed by atoms with Gasteiger partial charge in [-0.1, -0.05) is 44.7 Å². The standard InChI is InChI=1S/C15H23ClN4OS/c1-3-4-5-6-11(2)9-18-15(22)20-19-14(21)12-7-8-13(16)17-10-12/h7-8,10-11H,3-6,9H2,1-2H3,(H,19,21)(H2,18,20,22)/t11-/m0/s1. The molecule has 0 radical (unpaired) electrons. The van der Waals surface area contributed by atoms with E-state index in [1.807, 2.05) is 0 Å². The lowest BCUT2D eigenvalue weighted by Gasteiger charge is -2.15. The molecule has 1 heterocycles. The van der Waals surface area contributed by atoms with E-state index >= 15 is 0 Å². The van der Waals surface area contributed by atoms with Gasteiger partial charge in [0.05, 0.1) is 5.56 Å². The summed E-state index contributed by atoms with van der Waals surface area (Å²) in [6, 6.07) is 3.16. The molecule has 0 spiro atoms. The molecule has 0 fully saturated rings. The van der Waals surface area contributed by atoms with Crippen LogP contribution in [0.3, 0.4) is 0 Å². The van der Waals surface area contributed by atoms with E-state index < -0.39 is 0 Å². The molecule has 122 valence electrons. The number of nitrogens with zero attached hydrogens (tertiary/aromatic N) is 1. The van der Waals surface area contributed by atoms with Crippen molar-refractivity contribution in [3.63, 3.8) is 0 Å². The van der Waals surface area contributed by atoms with Crippen molar-refractivity contribution in [2.45, 2.75) is 39.5 Å². The van der Waals surface area contributed by atoms with Crippen LogP contribution in [0, 0.1) is 5.92 Å². The normalized spacial score (nSPS) is 11.6. The topological polar surface area (TPSA) is 66.0 Å². The van der Waals surface area contributed by atoms with E-state index in [0.29, 0.717) is 21.7 Å². The fourth-order valence-corrected chi connectivity index (χ4v) is 2.10. The molecule has 1 aromatic rings. The van der Waals surface area contributed by atoms with Crippen molar-refractivity contribution >= 4 is 34.8 Å². The lowest BCUT2D eigenvalue weighted by atomic mass is 10.0. The second-order valence-corrected chi connectivity index (χ2v) is 6.06. The van der Waals surface area contributed by atoms with Gasteiger partial charge in [-0.3, -0.25) is 15.6 Å². The number of aromatic nitrogens is 1. The number of unbranched alkanes of at least 4 members (excludes halogenated alkanes) is 2. The van der Waals surface area contributed by atoms with Gasteiger partial charge >= 0.3 is 0 Å². The van der Waals surface area contributed by atoms with E-state index in [4.69, 9.17) is 23.8 Å². The summed E-state index contributed by atoms with van der Waals surface area (Å²) in [5.74, 6) is 0.228. The Morgan fingerprint density at radius 3 is 2.77 bits per heavy atom. The third-order valence-electron chi connectivity index (χ3n) is 3.19. The van der Waals surface area contributed by atoms with E-state index in [1.54, 1.807) is 12.1 Å². The Hall–Kier alpha value is -1.40. The second-order valence-electron chi connectivity index (χ2n) is 5.26. The molecule has 1 aromatic heterocycles. The molecule has 3 N–H and O–H groups in total. The average molecular weight is 343 g/mol. The largest absolute Gasteiger partial charge is 0.361 e. The van der Waals surface area contributed by atoms with E-state index in [0.717, 1.165) is 6.54 Å². The quantitative estimate of drug-likeness (QED) is 0.307. The molecule has 0 saturated heterocycles. The Kier molecular flexibility index (Phi) is 8.77. The highest BCUT2D eigenvalue weighted by atomic mass is 35.5. The summed E-state index contributed by atoms with van der Waals surface area (Å²) >= 11 is 10.8. The van der Waals surface area contributed by atoms with Crippen LogP contribution in [0.15, 0.2) is 18.3 Å². The highest BCUT2D eigenvalue weighted by Gasteiger charge is 2.07. The molecule has 5 nitrogen and oxygen atoms in total. The minimum atomic E-state index is -0.315. The van der Waals surface area contributed by atoms with Gasteiger partial charge in [-0.05, 0) is 36.7 Å². The zero-order valence-electron chi connectivity index (χ0n) is 13.0. The Morgan fingerprint density at radius 1 is 1.36 bits per heavy atom. The molecule has 0 aliphatic carbocycles. The van der Waals surface area contributed by atoms with Crippen molar-refractivity contribution < 1.29 is 4.79 Å². The van der Waals surface area contributed by atoms with Gasteiger partial charge in [0.15, 0.2) is 5.11 Å². The number of carbonyl (C=O) groups excluding carboxylic acids is 1. The van der Waals surface area contributed by atoms with Crippen molar-refractivity contribution in [1.82, 2.24) is 21.2 Å². The predicted octanol–water partition coefficient (Wildman–Crippen LogP) is 3.06. The molecular formula is C15H23ClN4OS. The summed E-state index contributed by atoms with van der Waals surface area (Å²) in [4.78, 5) is 15.7. The number of halogens is 1. The summed E-state index contributed by atoms with van der Waals surface area (Å²) in [6.45, 7) is 5.16. The van der Waals surface area contributed by atoms with Gasteiger partial charge < -0.3 is 5.32 Å². The minimum Gasteiger partial charge on any atom is -0.361 e. The number of hydrogen-bond donors (Lipinski definition) is 3. The smallest absolute Gasteiger partial charge is 0.271 e. The third-order valence-corrected chi connectivity index (χ3v) is 3.66. The van der Waals surface area contributed by atoms with Crippen LogP contribution in [0.2, 0.25) is 5.15 Å². The Labute approximate surface area is 142 Å². The summed E-state index contributed by atoms with van der Waals surface area (Å²) in [6.07, 6.45) is 6.31. The van der Waals surface area contributed by atoms with Gasteiger partial charge in [-0.2, -0.15) is 0 Å². The number of thiocarbonyl (C=S) groups is 1. The second kappa shape index (κ2) is 10.3. The molecule has 0 aliphatic heterocycles. The molecular weight excluding hydrogens is 320 g/mol. The molecule has 0 unspecified atom stereocenters. The van der Waals surface area contributed by atoms with Crippen LogP contribution in [0.1, 0.15) is 49.9 Å². The maximum atomic E-state index is 11.8. The number of carbonyl (C=O) groups is 1. The van der Waals surface area contributed by atoms with Crippen molar-refractivity contribution in [3.8, 4) is 0 Å². The number of hydrazine groups is 1. The van der Waals surface area contributed by atoms with Crippen molar-refractivity contribution in [3.05, 3.63) is 29.0 Å². The van der Waals surface area contributed by atoms with Crippen LogP contribution < -0.4 is 16.2 Å². The Bertz CT molecular complexity index is 481. The summed E-state index contributed by atoms with van der Waals surface area (Å²) in [5.41, 5.74) is 5.61. The van der Waals surface area contributed by atoms with E-state index in [-0.39, 0.29) is 5.91 Å².